The topological polar surface area (TPSA) is 43.8 Å². The monoisotopic (exact) mass is 229 g/mol. The van der Waals surface area contributed by atoms with Gasteiger partial charge in [0.25, 0.3) is 0 Å². The molecule has 0 unspecified atom stereocenters. The molecule has 1 aliphatic carbocycles. The number of fused-ring (bicyclic) bond motifs is 1. The third-order valence-electron chi connectivity index (χ3n) is 3.48. The zero-order chi connectivity index (χ0) is 12.0. The van der Waals surface area contributed by atoms with Crippen LogP contribution in [-0.4, -0.2) is 9.55 Å². The summed E-state index contributed by atoms with van der Waals surface area (Å²) in [5.41, 5.74) is 9.19. The standard InChI is InChI=1S/C14H19N3/c1-9(2)17-13-6-3-10(8-15)7-12(13)16-14(17)11-4-5-11/h3,6-7,9,11H,4-5,8,15H2,1-2H3. The second kappa shape index (κ2) is 3.84. The SMILES string of the molecule is CC(C)n1c(C2CC2)nc2cc(CN)ccc21. The molecule has 1 heterocycles. The van der Waals surface area contributed by atoms with Crippen molar-refractivity contribution in [1.29, 1.82) is 0 Å². The lowest BCUT2D eigenvalue weighted by atomic mass is 10.2. The van der Waals surface area contributed by atoms with Crippen LogP contribution >= 0.6 is 0 Å². The van der Waals surface area contributed by atoms with E-state index in [1.54, 1.807) is 0 Å². The van der Waals surface area contributed by atoms with Gasteiger partial charge in [-0.25, -0.2) is 4.98 Å². The summed E-state index contributed by atoms with van der Waals surface area (Å²) in [6.07, 6.45) is 2.58. The zero-order valence-corrected chi connectivity index (χ0v) is 10.5. The van der Waals surface area contributed by atoms with E-state index in [2.05, 4.69) is 36.6 Å². The summed E-state index contributed by atoms with van der Waals surface area (Å²) in [5, 5.41) is 0. The first-order valence-electron chi connectivity index (χ1n) is 6.41. The molecule has 1 fully saturated rings. The smallest absolute Gasteiger partial charge is 0.113 e. The van der Waals surface area contributed by atoms with Gasteiger partial charge in [0.15, 0.2) is 0 Å². The highest BCUT2D eigenvalue weighted by Crippen LogP contribution is 2.41. The Hall–Kier alpha value is -1.35. The maximum absolute atomic E-state index is 5.68. The van der Waals surface area contributed by atoms with Crippen LogP contribution in [0, 0.1) is 0 Å². The van der Waals surface area contributed by atoms with Gasteiger partial charge in [-0.15, -0.1) is 0 Å². The predicted octanol–water partition coefficient (Wildman–Crippen LogP) is 2.95. The molecular formula is C14H19N3. The Labute approximate surface area is 102 Å². The van der Waals surface area contributed by atoms with Crippen LogP contribution in [0.15, 0.2) is 18.2 Å². The maximum atomic E-state index is 5.68. The lowest BCUT2D eigenvalue weighted by Gasteiger charge is -2.12. The number of nitrogens with zero attached hydrogens (tertiary/aromatic N) is 2. The summed E-state index contributed by atoms with van der Waals surface area (Å²) in [6.45, 7) is 5.04. The van der Waals surface area contributed by atoms with Gasteiger partial charge in [0.2, 0.25) is 0 Å². The van der Waals surface area contributed by atoms with E-state index in [4.69, 9.17) is 10.7 Å². The summed E-state index contributed by atoms with van der Waals surface area (Å²) in [7, 11) is 0. The molecule has 1 aromatic carbocycles. The average molecular weight is 229 g/mol. The molecule has 0 spiro atoms. The molecule has 90 valence electrons. The maximum Gasteiger partial charge on any atom is 0.113 e. The third kappa shape index (κ3) is 1.75. The van der Waals surface area contributed by atoms with Gasteiger partial charge in [0, 0.05) is 18.5 Å². The first kappa shape index (κ1) is 10.8. The summed E-state index contributed by atoms with van der Waals surface area (Å²) in [4.78, 5) is 4.81. The summed E-state index contributed by atoms with van der Waals surface area (Å²) in [5.74, 6) is 1.95. The number of rotatable bonds is 3. The lowest BCUT2D eigenvalue weighted by molar-refractivity contribution is 0.585. The quantitative estimate of drug-likeness (QED) is 0.879. The van der Waals surface area contributed by atoms with Crippen molar-refractivity contribution in [3.63, 3.8) is 0 Å². The molecule has 3 nitrogen and oxygen atoms in total. The molecule has 0 saturated heterocycles. The van der Waals surface area contributed by atoms with E-state index < -0.39 is 0 Å². The van der Waals surface area contributed by atoms with Crippen molar-refractivity contribution in [3.8, 4) is 0 Å². The zero-order valence-electron chi connectivity index (χ0n) is 10.5. The van der Waals surface area contributed by atoms with Crippen molar-refractivity contribution < 1.29 is 0 Å². The Morgan fingerprint density at radius 2 is 2.18 bits per heavy atom. The first-order chi connectivity index (χ1) is 8.20. The van der Waals surface area contributed by atoms with Crippen LogP contribution in [0.25, 0.3) is 11.0 Å². The van der Waals surface area contributed by atoms with E-state index in [-0.39, 0.29) is 0 Å². The van der Waals surface area contributed by atoms with Gasteiger partial charge in [-0.1, -0.05) is 6.07 Å². The second-order valence-electron chi connectivity index (χ2n) is 5.24. The van der Waals surface area contributed by atoms with E-state index in [1.807, 2.05) is 0 Å². The fraction of sp³-hybridized carbons (Fsp3) is 0.500. The van der Waals surface area contributed by atoms with Gasteiger partial charge < -0.3 is 10.3 Å². The van der Waals surface area contributed by atoms with Gasteiger partial charge in [-0.2, -0.15) is 0 Å². The number of hydrogen-bond acceptors (Lipinski definition) is 2. The molecule has 0 aliphatic heterocycles. The molecular weight excluding hydrogens is 210 g/mol. The second-order valence-corrected chi connectivity index (χ2v) is 5.24. The number of benzene rings is 1. The van der Waals surface area contributed by atoms with Crippen molar-refractivity contribution in [1.82, 2.24) is 9.55 Å². The molecule has 1 saturated carbocycles. The Kier molecular flexibility index (Phi) is 2.44. The van der Waals surface area contributed by atoms with Crippen molar-refractivity contribution in [2.75, 3.05) is 0 Å². The molecule has 0 atom stereocenters. The molecule has 3 heteroatoms. The van der Waals surface area contributed by atoms with E-state index in [0.29, 0.717) is 18.5 Å². The average Bonchev–Trinajstić information content (AvgIpc) is 3.08. The summed E-state index contributed by atoms with van der Waals surface area (Å²) in [6, 6.07) is 6.87. The van der Waals surface area contributed by atoms with Crippen LogP contribution in [0.2, 0.25) is 0 Å². The molecule has 17 heavy (non-hydrogen) atoms. The molecule has 3 rings (SSSR count). The minimum Gasteiger partial charge on any atom is -0.326 e. The van der Waals surface area contributed by atoms with Gasteiger partial charge in [0.1, 0.15) is 5.82 Å². The van der Waals surface area contributed by atoms with Crippen LogP contribution < -0.4 is 5.73 Å². The normalized spacial score (nSPS) is 16.0. The molecule has 2 aromatic rings. The van der Waals surface area contributed by atoms with Crippen LogP contribution in [0.3, 0.4) is 0 Å². The number of hydrogen-bond donors (Lipinski definition) is 1. The highest BCUT2D eigenvalue weighted by atomic mass is 15.1. The van der Waals surface area contributed by atoms with Crippen molar-refractivity contribution in [2.45, 2.75) is 45.2 Å². The number of imidazole rings is 1. The largest absolute Gasteiger partial charge is 0.326 e. The Bertz CT molecular complexity index is 550. The number of nitrogens with two attached hydrogens (primary N) is 1. The van der Waals surface area contributed by atoms with Crippen molar-refractivity contribution in [3.05, 3.63) is 29.6 Å². The highest BCUT2D eigenvalue weighted by Gasteiger charge is 2.30. The van der Waals surface area contributed by atoms with Crippen LogP contribution in [0.4, 0.5) is 0 Å². The first-order valence-corrected chi connectivity index (χ1v) is 6.41. The van der Waals surface area contributed by atoms with Crippen LogP contribution in [0.1, 0.15) is 50.0 Å². The Morgan fingerprint density at radius 3 is 2.76 bits per heavy atom. The Morgan fingerprint density at radius 1 is 1.41 bits per heavy atom. The van der Waals surface area contributed by atoms with Crippen molar-refractivity contribution >= 4 is 11.0 Å². The number of aromatic nitrogens is 2. The van der Waals surface area contributed by atoms with Crippen LogP contribution in [0.5, 0.6) is 0 Å². The fourth-order valence-electron chi connectivity index (χ4n) is 2.46. The minimum atomic E-state index is 0.472. The third-order valence-corrected chi connectivity index (χ3v) is 3.48. The van der Waals surface area contributed by atoms with E-state index in [9.17, 15) is 0 Å². The van der Waals surface area contributed by atoms with Crippen LogP contribution in [-0.2, 0) is 6.54 Å². The van der Waals surface area contributed by atoms with Gasteiger partial charge in [-0.3, -0.25) is 0 Å². The summed E-state index contributed by atoms with van der Waals surface area (Å²) < 4.78 is 2.38. The Balaban J connectivity index is 2.22. The molecule has 0 amide bonds. The molecule has 2 N–H and O–H groups in total. The lowest BCUT2D eigenvalue weighted by Crippen LogP contribution is -2.05. The minimum absolute atomic E-state index is 0.472. The molecule has 1 aliphatic rings. The summed E-state index contributed by atoms with van der Waals surface area (Å²) >= 11 is 0. The van der Waals surface area contributed by atoms with E-state index >= 15 is 0 Å². The molecule has 1 aromatic heterocycles. The molecule has 0 radical (unpaired) electrons. The van der Waals surface area contributed by atoms with E-state index in [0.717, 1.165) is 11.1 Å². The van der Waals surface area contributed by atoms with E-state index in [1.165, 1.54) is 24.2 Å². The van der Waals surface area contributed by atoms with Crippen molar-refractivity contribution in [2.24, 2.45) is 5.73 Å². The van der Waals surface area contributed by atoms with Gasteiger partial charge in [0.05, 0.1) is 11.0 Å². The molecule has 0 bridgehead atoms. The van der Waals surface area contributed by atoms with Gasteiger partial charge >= 0.3 is 0 Å². The predicted molar refractivity (Wildman–Crippen MR) is 70.0 cm³/mol. The van der Waals surface area contributed by atoms with Gasteiger partial charge in [-0.05, 0) is 44.4 Å². The fourth-order valence-corrected chi connectivity index (χ4v) is 2.46. The highest BCUT2D eigenvalue weighted by molar-refractivity contribution is 5.77.